The van der Waals surface area contributed by atoms with E-state index in [-0.39, 0.29) is 19.1 Å². The number of amides is 1. The molecule has 0 aromatic carbocycles. The van der Waals surface area contributed by atoms with Crippen molar-refractivity contribution in [1.82, 2.24) is 15.5 Å². The van der Waals surface area contributed by atoms with Gasteiger partial charge in [0.15, 0.2) is 0 Å². The number of halogens is 2. The Hall–Kier alpha value is -1.50. The van der Waals surface area contributed by atoms with Crippen LogP contribution in [0.15, 0.2) is 6.20 Å². The highest BCUT2D eigenvalue weighted by molar-refractivity contribution is 5.94. The number of carbonyl (C=O) groups is 1. The van der Waals surface area contributed by atoms with Gasteiger partial charge in [-0.2, -0.15) is 5.10 Å². The van der Waals surface area contributed by atoms with Crippen molar-refractivity contribution in [2.75, 3.05) is 19.8 Å². The molecule has 0 aliphatic carbocycles. The lowest BCUT2D eigenvalue weighted by Gasteiger charge is -2.05. The van der Waals surface area contributed by atoms with Crippen LogP contribution in [0.1, 0.15) is 16.1 Å². The second-order valence-electron chi connectivity index (χ2n) is 3.13. The molecule has 7 heteroatoms. The van der Waals surface area contributed by atoms with Crippen LogP contribution in [0.4, 0.5) is 8.78 Å². The van der Waals surface area contributed by atoms with Gasteiger partial charge in [-0.25, -0.2) is 8.78 Å². The van der Waals surface area contributed by atoms with Gasteiger partial charge in [-0.1, -0.05) is 0 Å². The molecule has 1 aromatic heterocycles. The van der Waals surface area contributed by atoms with Crippen LogP contribution in [-0.4, -0.2) is 42.3 Å². The number of carbonyl (C=O) groups excluding carboxylic acids is 1. The standard InChI is InChI=1S/C9H13F2N3O2/c1-6-7(4-13-14-6)9(15)12-2-3-16-5-8(10)11/h4,8H,2-3,5H2,1H3,(H,12,15)(H,13,14). The fourth-order valence-corrected chi connectivity index (χ4v) is 1.08. The average Bonchev–Trinajstić information content (AvgIpc) is 2.63. The first kappa shape index (κ1) is 12.6. The summed E-state index contributed by atoms with van der Waals surface area (Å²) >= 11 is 0. The number of rotatable bonds is 6. The average molecular weight is 233 g/mol. The van der Waals surface area contributed by atoms with E-state index in [1.165, 1.54) is 6.20 Å². The van der Waals surface area contributed by atoms with Crippen LogP contribution in [0.25, 0.3) is 0 Å². The molecule has 0 saturated heterocycles. The summed E-state index contributed by atoms with van der Waals surface area (Å²) in [6, 6.07) is 0. The van der Waals surface area contributed by atoms with Gasteiger partial charge in [-0.3, -0.25) is 9.89 Å². The number of nitrogens with one attached hydrogen (secondary N) is 2. The van der Waals surface area contributed by atoms with Gasteiger partial charge in [0.2, 0.25) is 0 Å². The molecule has 1 amide bonds. The van der Waals surface area contributed by atoms with Gasteiger partial charge in [-0.15, -0.1) is 0 Å². The molecule has 1 heterocycles. The van der Waals surface area contributed by atoms with E-state index in [1.54, 1.807) is 6.92 Å². The van der Waals surface area contributed by atoms with Crippen LogP contribution in [0, 0.1) is 6.92 Å². The SMILES string of the molecule is Cc1[nH]ncc1C(=O)NCCOCC(F)F. The lowest BCUT2D eigenvalue weighted by molar-refractivity contribution is 0.0188. The van der Waals surface area contributed by atoms with Crippen LogP contribution in [0.2, 0.25) is 0 Å². The van der Waals surface area contributed by atoms with Crippen LogP contribution < -0.4 is 5.32 Å². The highest BCUT2D eigenvalue weighted by Crippen LogP contribution is 2.01. The summed E-state index contributed by atoms with van der Waals surface area (Å²) in [4.78, 5) is 11.4. The number of aromatic nitrogens is 2. The van der Waals surface area contributed by atoms with Crippen molar-refractivity contribution >= 4 is 5.91 Å². The molecule has 0 spiro atoms. The van der Waals surface area contributed by atoms with Gasteiger partial charge in [0, 0.05) is 12.2 Å². The van der Waals surface area contributed by atoms with Crippen LogP contribution in [-0.2, 0) is 4.74 Å². The zero-order valence-corrected chi connectivity index (χ0v) is 8.80. The fourth-order valence-electron chi connectivity index (χ4n) is 1.08. The number of hydrogen-bond donors (Lipinski definition) is 2. The minimum Gasteiger partial charge on any atom is -0.374 e. The van der Waals surface area contributed by atoms with E-state index < -0.39 is 13.0 Å². The zero-order valence-electron chi connectivity index (χ0n) is 8.80. The van der Waals surface area contributed by atoms with E-state index in [0.29, 0.717) is 11.3 Å². The maximum atomic E-state index is 11.7. The maximum absolute atomic E-state index is 11.7. The highest BCUT2D eigenvalue weighted by Gasteiger charge is 2.09. The summed E-state index contributed by atoms with van der Waals surface area (Å²) in [5.41, 5.74) is 1.10. The second-order valence-corrected chi connectivity index (χ2v) is 3.13. The summed E-state index contributed by atoms with van der Waals surface area (Å²) in [7, 11) is 0. The lowest BCUT2D eigenvalue weighted by Crippen LogP contribution is -2.28. The molecule has 90 valence electrons. The van der Waals surface area contributed by atoms with Crippen molar-refractivity contribution in [2.24, 2.45) is 0 Å². The third-order valence-corrected chi connectivity index (χ3v) is 1.85. The molecule has 16 heavy (non-hydrogen) atoms. The Balaban J connectivity index is 2.19. The molecule has 0 fully saturated rings. The molecule has 0 aliphatic rings. The number of aryl methyl sites for hydroxylation is 1. The minimum absolute atomic E-state index is 0.0625. The van der Waals surface area contributed by atoms with Crippen LogP contribution in [0.3, 0.4) is 0 Å². The van der Waals surface area contributed by atoms with Crippen LogP contribution in [0.5, 0.6) is 0 Å². The van der Waals surface area contributed by atoms with Gasteiger partial charge in [0.05, 0.1) is 18.4 Å². The molecule has 5 nitrogen and oxygen atoms in total. The van der Waals surface area contributed by atoms with Gasteiger partial charge in [0.1, 0.15) is 6.61 Å². The summed E-state index contributed by atoms with van der Waals surface area (Å²) in [6.07, 6.45) is -1.07. The summed E-state index contributed by atoms with van der Waals surface area (Å²) in [5, 5.41) is 8.85. The van der Waals surface area contributed by atoms with Gasteiger partial charge < -0.3 is 10.1 Å². The first-order chi connectivity index (χ1) is 7.61. The zero-order chi connectivity index (χ0) is 12.0. The third-order valence-electron chi connectivity index (χ3n) is 1.85. The Morgan fingerprint density at radius 1 is 1.69 bits per heavy atom. The summed E-state index contributed by atoms with van der Waals surface area (Å²) < 4.78 is 27.9. The topological polar surface area (TPSA) is 67.0 Å². The minimum atomic E-state index is -2.48. The Bertz CT molecular complexity index is 341. The van der Waals surface area contributed by atoms with Crippen molar-refractivity contribution in [3.63, 3.8) is 0 Å². The van der Waals surface area contributed by atoms with Crippen molar-refractivity contribution < 1.29 is 18.3 Å². The van der Waals surface area contributed by atoms with Gasteiger partial charge in [-0.05, 0) is 6.92 Å². The Labute approximate surface area is 91.2 Å². The van der Waals surface area contributed by atoms with E-state index in [2.05, 4.69) is 20.3 Å². The maximum Gasteiger partial charge on any atom is 0.261 e. The molecule has 2 N–H and O–H groups in total. The van der Waals surface area contributed by atoms with Crippen molar-refractivity contribution in [3.05, 3.63) is 17.5 Å². The number of hydrogen-bond acceptors (Lipinski definition) is 3. The third kappa shape index (κ3) is 3.93. The fraction of sp³-hybridized carbons (Fsp3) is 0.556. The highest BCUT2D eigenvalue weighted by atomic mass is 19.3. The number of aromatic amines is 1. The smallest absolute Gasteiger partial charge is 0.261 e. The molecular formula is C9H13F2N3O2. The number of alkyl halides is 2. The van der Waals surface area contributed by atoms with E-state index in [1.807, 2.05) is 0 Å². The Kier molecular flexibility index (Phi) is 4.84. The molecule has 0 atom stereocenters. The predicted molar refractivity (Wildman–Crippen MR) is 52.5 cm³/mol. The first-order valence-electron chi connectivity index (χ1n) is 4.75. The quantitative estimate of drug-likeness (QED) is 0.712. The number of H-pyrrole nitrogens is 1. The predicted octanol–water partition coefficient (Wildman–Crippen LogP) is 0.730. The number of ether oxygens (including phenoxy) is 1. The van der Waals surface area contributed by atoms with Crippen LogP contribution >= 0.6 is 0 Å². The normalized spacial score (nSPS) is 10.8. The van der Waals surface area contributed by atoms with Gasteiger partial charge >= 0.3 is 0 Å². The molecule has 0 bridgehead atoms. The molecule has 0 radical (unpaired) electrons. The largest absolute Gasteiger partial charge is 0.374 e. The lowest BCUT2D eigenvalue weighted by atomic mass is 10.2. The molecule has 0 aliphatic heterocycles. The number of nitrogens with zero attached hydrogens (tertiary/aromatic N) is 1. The first-order valence-corrected chi connectivity index (χ1v) is 4.75. The van der Waals surface area contributed by atoms with Crippen molar-refractivity contribution in [2.45, 2.75) is 13.3 Å². The molecular weight excluding hydrogens is 220 g/mol. The van der Waals surface area contributed by atoms with E-state index in [4.69, 9.17) is 0 Å². The summed E-state index contributed by atoms with van der Waals surface area (Å²) in [5.74, 6) is -0.299. The second kappa shape index (κ2) is 6.16. The van der Waals surface area contributed by atoms with E-state index >= 15 is 0 Å². The van der Waals surface area contributed by atoms with Crippen molar-refractivity contribution in [3.8, 4) is 0 Å². The Morgan fingerprint density at radius 2 is 2.44 bits per heavy atom. The van der Waals surface area contributed by atoms with E-state index in [0.717, 1.165) is 0 Å². The monoisotopic (exact) mass is 233 g/mol. The van der Waals surface area contributed by atoms with Gasteiger partial charge in [0.25, 0.3) is 12.3 Å². The summed E-state index contributed by atoms with van der Waals surface area (Å²) in [6.45, 7) is 1.36. The molecule has 0 saturated carbocycles. The molecule has 1 rings (SSSR count). The Morgan fingerprint density at radius 3 is 3.00 bits per heavy atom. The van der Waals surface area contributed by atoms with Crippen molar-refractivity contribution in [1.29, 1.82) is 0 Å². The molecule has 1 aromatic rings. The molecule has 0 unspecified atom stereocenters. The van der Waals surface area contributed by atoms with E-state index in [9.17, 15) is 13.6 Å².